The molecule has 0 aliphatic carbocycles. The van der Waals surface area contributed by atoms with Gasteiger partial charge in [0, 0.05) is 29.4 Å². The smallest absolute Gasteiger partial charge is 0.185 e. The Morgan fingerprint density at radius 3 is 2.52 bits per heavy atom. The van der Waals surface area contributed by atoms with Crippen LogP contribution in [-0.4, -0.2) is 31.7 Å². The molecule has 0 spiro atoms. The van der Waals surface area contributed by atoms with E-state index in [1.807, 2.05) is 18.2 Å². The molecular formula is C22H23BrN2O2S2. The van der Waals surface area contributed by atoms with Gasteiger partial charge in [-0.05, 0) is 43.5 Å². The van der Waals surface area contributed by atoms with Crippen LogP contribution in [0.25, 0.3) is 11.3 Å². The first-order valence-corrected chi connectivity index (χ1v) is 13.2. The maximum absolute atomic E-state index is 13.0. The van der Waals surface area contributed by atoms with Crippen molar-refractivity contribution in [3.05, 3.63) is 65.0 Å². The summed E-state index contributed by atoms with van der Waals surface area (Å²) in [5, 5.41) is 3.45. The summed E-state index contributed by atoms with van der Waals surface area (Å²) in [4.78, 5) is 7.44. The van der Waals surface area contributed by atoms with E-state index in [1.165, 1.54) is 5.56 Å². The highest BCUT2D eigenvalue weighted by Gasteiger charge is 2.32. The van der Waals surface area contributed by atoms with Crippen molar-refractivity contribution in [2.24, 2.45) is 0 Å². The van der Waals surface area contributed by atoms with Crippen LogP contribution in [0.1, 0.15) is 24.0 Å². The van der Waals surface area contributed by atoms with Crippen LogP contribution in [0.15, 0.2) is 58.8 Å². The number of sulfone groups is 1. The van der Waals surface area contributed by atoms with Gasteiger partial charge in [0.15, 0.2) is 15.0 Å². The van der Waals surface area contributed by atoms with Gasteiger partial charge in [-0.3, -0.25) is 0 Å². The van der Waals surface area contributed by atoms with E-state index in [2.05, 4.69) is 51.3 Å². The van der Waals surface area contributed by atoms with Crippen LogP contribution in [-0.2, 0) is 15.2 Å². The Morgan fingerprint density at radius 1 is 1.14 bits per heavy atom. The van der Waals surface area contributed by atoms with Crippen molar-refractivity contribution in [1.82, 2.24) is 4.98 Å². The van der Waals surface area contributed by atoms with Crippen LogP contribution in [0, 0.1) is 6.92 Å². The third-order valence-electron chi connectivity index (χ3n) is 5.36. The van der Waals surface area contributed by atoms with E-state index in [-0.39, 0.29) is 5.25 Å². The monoisotopic (exact) mass is 490 g/mol. The highest BCUT2D eigenvalue weighted by molar-refractivity contribution is 9.08. The standard InChI is InChI=1S/C22H23BrN2O2S2/c1-16-3-2-4-18(13-16)21-15-28-22(24-21)25-11-9-20(10-12-25)29(26,27)19-7-5-17(14-23)6-8-19/h2-8,13,15,20H,9-12,14H2,1H3. The molecule has 152 valence electrons. The van der Waals surface area contributed by atoms with E-state index < -0.39 is 9.84 Å². The number of thiazole rings is 1. The van der Waals surface area contributed by atoms with Gasteiger partial charge < -0.3 is 4.90 Å². The molecule has 4 rings (SSSR count). The summed E-state index contributed by atoms with van der Waals surface area (Å²) in [5.41, 5.74) is 4.39. The number of alkyl halides is 1. The molecule has 29 heavy (non-hydrogen) atoms. The number of rotatable bonds is 5. The van der Waals surface area contributed by atoms with E-state index >= 15 is 0 Å². The molecule has 4 nitrogen and oxygen atoms in total. The summed E-state index contributed by atoms with van der Waals surface area (Å²) >= 11 is 5.02. The Balaban J connectivity index is 1.44. The summed E-state index contributed by atoms with van der Waals surface area (Å²) in [6.07, 6.45) is 1.25. The Hall–Kier alpha value is -1.70. The van der Waals surface area contributed by atoms with Crippen LogP contribution in [0.3, 0.4) is 0 Å². The van der Waals surface area contributed by atoms with Crippen LogP contribution in [0.2, 0.25) is 0 Å². The molecule has 0 unspecified atom stereocenters. The lowest BCUT2D eigenvalue weighted by molar-refractivity contribution is 0.529. The van der Waals surface area contributed by atoms with Gasteiger partial charge in [-0.25, -0.2) is 13.4 Å². The molecule has 0 N–H and O–H groups in total. The zero-order valence-electron chi connectivity index (χ0n) is 16.2. The Kier molecular flexibility index (Phi) is 6.08. The van der Waals surface area contributed by atoms with Gasteiger partial charge in [-0.15, -0.1) is 11.3 Å². The molecule has 2 heterocycles. The molecular weight excluding hydrogens is 468 g/mol. The average Bonchev–Trinajstić information content (AvgIpc) is 3.24. The van der Waals surface area contributed by atoms with Gasteiger partial charge in [-0.1, -0.05) is 51.8 Å². The van der Waals surface area contributed by atoms with Crippen molar-refractivity contribution in [2.45, 2.75) is 35.2 Å². The topological polar surface area (TPSA) is 50.3 Å². The highest BCUT2D eigenvalue weighted by Crippen LogP contribution is 2.32. The number of nitrogens with zero attached hydrogens (tertiary/aromatic N) is 2. The minimum absolute atomic E-state index is 0.329. The summed E-state index contributed by atoms with van der Waals surface area (Å²) in [7, 11) is -3.29. The van der Waals surface area contributed by atoms with E-state index in [0.29, 0.717) is 30.8 Å². The minimum Gasteiger partial charge on any atom is -0.348 e. The van der Waals surface area contributed by atoms with E-state index in [9.17, 15) is 8.42 Å². The fourth-order valence-corrected chi connectivity index (χ4v) is 6.66. The lowest BCUT2D eigenvalue weighted by Crippen LogP contribution is -2.39. The second kappa shape index (κ2) is 8.58. The third kappa shape index (κ3) is 4.42. The Morgan fingerprint density at radius 2 is 1.86 bits per heavy atom. The summed E-state index contributed by atoms with van der Waals surface area (Å²) < 4.78 is 26.0. The van der Waals surface area contributed by atoms with E-state index in [0.717, 1.165) is 27.3 Å². The molecule has 1 aromatic heterocycles. The second-order valence-electron chi connectivity index (χ2n) is 7.39. The average molecular weight is 491 g/mol. The lowest BCUT2D eigenvalue weighted by atomic mass is 10.1. The van der Waals surface area contributed by atoms with Gasteiger partial charge in [0.1, 0.15) is 0 Å². The third-order valence-corrected chi connectivity index (χ3v) is 9.19. The number of piperidine rings is 1. The summed E-state index contributed by atoms with van der Waals surface area (Å²) in [6, 6.07) is 15.5. The van der Waals surface area contributed by atoms with Gasteiger partial charge in [0.2, 0.25) is 0 Å². The maximum atomic E-state index is 13.0. The van der Waals surface area contributed by atoms with Gasteiger partial charge in [-0.2, -0.15) is 0 Å². The summed E-state index contributed by atoms with van der Waals surface area (Å²) in [6.45, 7) is 3.50. The summed E-state index contributed by atoms with van der Waals surface area (Å²) in [5.74, 6) is 0. The van der Waals surface area contributed by atoms with Crippen LogP contribution in [0.5, 0.6) is 0 Å². The predicted molar refractivity (Wildman–Crippen MR) is 124 cm³/mol. The first-order valence-electron chi connectivity index (χ1n) is 9.63. The van der Waals surface area contributed by atoms with E-state index in [4.69, 9.17) is 4.98 Å². The first-order chi connectivity index (χ1) is 14.0. The van der Waals surface area contributed by atoms with Crippen molar-refractivity contribution >= 4 is 42.2 Å². The molecule has 1 aliphatic rings. The van der Waals surface area contributed by atoms with Crippen molar-refractivity contribution < 1.29 is 8.42 Å². The van der Waals surface area contributed by atoms with Crippen molar-refractivity contribution in [2.75, 3.05) is 18.0 Å². The van der Waals surface area contributed by atoms with Gasteiger partial charge in [0.05, 0.1) is 15.8 Å². The van der Waals surface area contributed by atoms with Crippen LogP contribution < -0.4 is 4.90 Å². The number of hydrogen-bond donors (Lipinski definition) is 0. The number of hydrogen-bond acceptors (Lipinski definition) is 5. The molecule has 0 amide bonds. The maximum Gasteiger partial charge on any atom is 0.185 e. The Bertz CT molecular complexity index is 1090. The number of aromatic nitrogens is 1. The number of aryl methyl sites for hydroxylation is 1. The highest BCUT2D eigenvalue weighted by atomic mass is 79.9. The van der Waals surface area contributed by atoms with E-state index in [1.54, 1.807) is 23.5 Å². The van der Waals surface area contributed by atoms with Gasteiger partial charge in [0.25, 0.3) is 0 Å². The molecule has 7 heteroatoms. The number of anilines is 1. The molecule has 1 aliphatic heterocycles. The predicted octanol–water partition coefficient (Wildman–Crippen LogP) is 5.46. The molecule has 0 radical (unpaired) electrons. The largest absolute Gasteiger partial charge is 0.348 e. The minimum atomic E-state index is -3.29. The molecule has 1 saturated heterocycles. The molecule has 0 saturated carbocycles. The molecule has 0 atom stereocenters. The van der Waals surface area contributed by atoms with Crippen molar-refractivity contribution in [1.29, 1.82) is 0 Å². The molecule has 1 fully saturated rings. The normalized spacial score (nSPS) is 15.6. The number of benzene rings is 2. The Labute approximate surface area is 184 Å². The number of halogens is 1. The first kappa shape index (κ1) is 20.6. The van der Waals surface area contributed by atoms with Crippen LogP contribution in [0.4, 0.5) is 5.13 Å². The fourth-order valence-electron chi connectivity index (χ4n) is 3.66. The quantitative estimate of drug-likeness (QED) is 0.445. The van der Waals surface area contributed by atoms with Crippen LogP contribution >= 0.6 is 27.3 Å². The molecule has 2 aromatic carbocycles. The zero-order chi connectivity index (χ0) is 20.4. The lowest BCUT2D eigenvalue weighted by Gasteiger charge is -2.31. The SMILES string of the molecule is Cc1cccc(-c2csc(N3CCC(S(=O)(=O)c4ccc(CBr)cc4)CC3)n2)c1. The molecule has 0 bridgehead atoms. The zero-order valence-corrected chi connectivity index (χ0v) is 19.4. The van der Waals surface area contributed by atoms with Crippen molar-refractivity contribution in [3.63, 3.8) is 0 Å². The van der Waals surface area contributed by atoms with Gasteiger partial charge >= 0.3 is 0 Å². The fraction of sp³-hybridized carbons (Fsp3) is 0.318. The second-order valence-corrected chi connectivity index (χ2v) is 11.0. The molecule has 3 aromatic rings. The van der Waals surface area contributed by atoms with Crippen molar-refractivity contribution in [3.8, 4) is 11.3 Å².